The first-order valence-corrected chi connectivity index (χ1v) is 9.27. The first-order chi connectivity index (χ1) is 10.9. The lowest BCUT2D eigenvalue weighted by Gasteiger charge is -2.23. The average Bonchev–Trinajstić information content (AvgIpc) is 2.52. The standard InChI is InChI=1S/C16H17Cl2NO3S/c1-2-19(14-6-3-12(4-7-14)9-10-20)23(21,22)16-11-13(17)5-8-15(16)18/h3-8,11,20H,2,9-10H2,1H3. The van der Waals surface area contributed by atoms with Crippen molar-refractivity contribution < 1.29 is 13.5 Å². The summed E-state index contributed by atoms with van der Waals surface area (Å²) in [5, 5.41) is 9.38. The molecule has 0 aliphatic rings. The second-order valence-electron chi connectivity index (χ2n) is 4.88. The Bertz CT molecular complexity index is 776. The van der Waals surface area contributed by atoms with Gasteiger partial charge in [0.25, 0.3) is 10.0 Å². The highest BCUT2D eigenvalue weighted by Crippen LogP contribution is 2.30. The third-order valence-corrected chi connectivity index (χ3v) is 5.99. The van der Waals surface area contributed by atoms with Gasteiger partial charge in [0.2, 0.25) is 0 Å². The summed E-state index contributed by atoms with van der Waals surface area (Å²) in [6.45, 7) is 2.05. The van der Waals surface area contributed by atoms with E-state index in [1.165, 1.54) is 16.4 Å². The molecule has 0 heterocycles. The summed E-state index contributed by atoms with van der Waals surface area (Å²) in [4.78, 5) is -0.0204. The zero-order valence-corrected chi connectivity index (χ0v) is 14.9. The van der Waals surface area contributed by atoms with Gasteiger partial charge >= 0.3 is 0 Å². The van der Waals surface area contributed by atoms with Crippen molar-refractivity contribution in [3.8, 4) is 0 Å². The molecule has 0 saturated carbocycles. The van der Waals surface area contributed by atoms with Crippen molar-refractivity contribution in [2.75, 3.05) is 17.5 Å². The quantitative estimate of drug-likeness (QED) is 0.838. The molecule has 0 aromatic heterocycles. The molecule has 0 aliphatic heterocycles. The molecule has 0 radical (unpaired) electrons. The van der Waals surface area contributed by atoms with Crippen LogP contribution >= 0.6 is 23.2 Å². The summed E-state index contributed by atoms with van der Waals surface area (Å²) >= 11 is 12.0. The van der Waals surface area contributed by atoms with Gasteiger partial charge < -0.3 is 5.11 Å². The number of anilines is 1. The average molecular weight is 374 g/mol. The minimum Gasteiger partial charge on any atom is -0.396 e. The first-order valence-electron chi connectivity index (χ1n) is 7.07. The molecular weight excluding hydrogens is 357 g/mol. The molecular formula is C16H17Cl2NO3S. The maximum absolute atomic E-state index is 12.9. The number of nitrogens with zero attached hydrogens (tertiary/aromatic N) is 1. The largest absolute Gasteiger partial charge is 0.396 e. The second kappa shape index (κ2) is 7.53. The topological polar surface area (TPSA) is 57.6 Å². The molecule has 0 saturated heterocycles. The fourth-order valence-electron chi connectivity index (χ4n) is 2.24. The number of halogens is 2. The van der Waals surface area contributed by atoms with Crippen LogP contribution in [0.15, 0.2) is 47.4 Å². The van der Waals surface area contributed by atoms with Crippen molar-refractivity contribution in [2.45, 2.75) is 18.2 Å². The van der Waals surface area contributed by atoms with E-state index in [1.54, 1.807) is 37.3 Å². The molecule has 0 bridgehead atoms. The molecule has 0 fully saturated rings. The van der Waals surface area contributed by atoms with Crippen LogP contribution in [0.4, 0.5) is 5.69 Å². The summed E-state index contributed by atoms with van der Waals surface area (Å²) in [5.41, 5.74) is 1.47. The smallest absolute Gasteiger partial charge is 0.265 e. The lowest BCUT2D eigenvalue weighted by atomic mass is 10.1. The van der Waals surface area contributed by atoms with Gasteiger partial charge in [-0.15, -0.1) is 0 Å². The van der Waals surface area contributed by atoms with E-state index in [0.717, 1.165) is 5.56 Å². The molecule has 0 unspecified atom stereocenters. The van der Waals surface area contributed by atoms with E-state index in [1.807, 2.05) is 0 Å². The maximum atomic E-state index is 12.9. The molecule has 4 nitrogen and oxygen atoms in total. The van der Waals surface area contributed by atoms with Crippen LogP contribution in [0, 0.1) is 0 Å². The van der Waals surface area contributed by atoms with E-state index < -0.39 is 10.0 Å². The number of aliphatic hydroxyl groups excluding tert-OH is 1. The minimum atomic E-state index is -3.81. The van der Waals surface area contributed by atoms with Crippen molar-refractivity contribution in [3.63, 3.8) is 0 Å². The molecule has 23 heavy (non-hydrogen) atoms. The zero-order valence-electron chi connectivity index (χ0n) is 12.5. The fraction of sp³-hybridized carbons (Fsp3) is 0.250. The number of rotatable bonds is 6. The Morgan fingerprint density at radius 3 is 2.30 bits per heavy atom. The number of benzene rings is 2. The van der Waals surface area contributed by atoms with E-state index in [4.69, 9.17) is 28.3 Å². The number of hydrogen-bond donors (Lipinski definition) is 1. The normalized spacial score (nSPS) is 11.5. The van der Waals surface area contributed by atoms with Crippen LogP contribution in [0.1, 0.15) is 12.5 Å². The summed E-state index contributed by atoms with van der Waals surface area (Å²) in [6.07, 6.45) is 0.527. The molecule has 2 aromatic carbocycles. The predicted molar refractivity (Wildman–Crippen MR) is 93.9 cm³/mol. The molecule has 7 heteroatoms. The van der Waals surface area contributed by atoms with Crippen molar-refractivity contribution in [1.29, 1.82) is 0 Å². The molecule has 0 spiro atoms. The highest BCUT2D eigenvalue weighted by atomic mass is 35.5. The van der Waals surface area contributed by atoms with Crippen LogP contribution in [0.25, 0.3) is 0 Å². The van der Waals surface area contributed by atoms with Gasteiger partial charge in [-0.1, -0.05) is 35.3 Å². The first kappa shape index (κ1) is 18.1. The van der Waals surface area contributed by atoms with Gasteiger partial charge in [-0.3, -0.25) is 4.31 Å². The Kier molecular flexibility index (Phi) is 5.92. The molecule has 0 aliphatic carbocycles. The number of aliphatic hydroxyl groups is 1. The van der Waals surface area contributed by atoms with E-state index in [-0.39, 0.29) is 23.1 Å². The van der Waals surface area contributed by atoms with Gasteiger partial charge in [-0.25, -0.2) is 8.42 Å². The van der Waals surface area contributed by atoms with Crippen LogP contribution in [-0.2, 0) is 16.4 Å². The Morgan fingerprint density at radius 2 is 1.74 bits per heavy atom. The third kappa shape index (κ3) is 3.98. The van der Waals surface area contributed by atoms with Crippen molar-refractivity contribution in [3.05, 3.63) is 58.1 Å². The third-order valence-electron chi connectivity index (χ3n) is 3.37. The van der Waals surface area contributed by atoms with Crippen LogP contribution in [0.2, 0.25) is 10.0 Å². The van der Waals surface area contributed by atoms with Crippen LogP contribution in [0.5, 0.6) is 0 Å². The fourth-order valence-corrected chi connectivity index (χ4v) is 4.46. The molecule has 2 rings (SSSR count). The highest BCUT2D eigenvalue weighted by Gasteiger charge is 2.26. The molecule has 0 atom stereocenters. The Labute approximate surface area is 146 Å². The molecule has 1 N–H and O–H groups in total. The minimum absolute atomic E-state index is 0.0204. The van der Waals surface area contributed by atoms with Crippen LogP contribution in [0.3, 0.4) is 0 Å². The zero-order chi connectivity index (χ0) is 17.0. The Hall–Kier alpha value is -1.27. The van der Waals surface area contributed by atoms with E-state index >= 15 is 0 Å². The van der Waals surface area contributed by atoms with Crippen LogP contribution < -0.4 is 4.31 Å². The lowest BCUT2D eigenvalue weighted by molar-refractivity contribution is 0.299. The van der Waals surface area contributed by atoms with Gasteiger partial charge in [-0.05, 0) is 49.2 Å². The lowest BCUT2D eigenvalue weighted by Crippen LogP contribution is -2.31. The van der Waals surface area contributed by atoms with Gasteiger partial charge in [-0.2, -0.15) is 0 Å². The van der Waals surface area contributed by atoms with E-state index in [9.17, 15) is 8.42 Å². The van der Waals surface area contributed by atoms with E-state index in [2.05, 4.69) is 0 Å². The van der Waals surface area contributed by atoms with Gasteiger partial charge in [0.15, 0.2) is 0 Å². The van der Waals surface area contributed by atoms with Crippen molar-refractivity contribution in [1.82, 2.24) is 0 Å². The van der Waals surface area contributed by atoms with Crippen molar-refractivity contribution >= 4 is 38.9 Å². The van der Waals surface area contributed by atoms with Gasteiger partial charge in [0.1, 0.15) is 4.90 Å². The second-order valence-corrected chi connectivity index (χ2v) is 7.56. The summed E-state index contributed by atoms with van der Waals surface area (Å²) in [7, 11) is -3.81. The Balaban J connectivity index is 2.44. The van der Waals surface area contributed by atoms with Gasteiger partial charge in [0, 0.05) is 18.2 Å². The van der Waals surface area contributed by atoms with E-state index in [0.29, 0.717) is 17.1 Å². The maximum Gasteiger partial charge on any atom is 0.265 e. The summed E-state index contributed by atoms with van der Waals surface area (Å²) in [6, 6.07) is 11.4. The van der Waals surface area contributed by atoms with Crippen molar-refractivity contribution in [2.24, 2.45) is 0 Å². The molecule has 0 amide bonds. The monoisotopic (exact) mass is 373 g/mol. The number of sulfonamides is 1. The SMILES string of the molecule is CCN(c1ccc(CCO)cc1)S(=O)(=O)c1cc(Cl)ccc1Cl. The molecule has 124 valence electrons. The molecule has 2 aromatic rings. The van der Waals surface area contributed by atoms with Gasteiger partial charge in [0.05, 0.1) is 10.7 Å². The summed E-state index contributed by atoms with van der Waals surface area (Å²) < 4.78 is 27.1. The highest BCUT2D eigenvalue weighted by molar-refractivity contribution is 7.93. The summed E-state index contributed by atoms with van der Waals surface area (Å²) in [5.74, 6) is 0. The number of hydrogen-bond acceptors (Lipinski definition) is 3. The Morgan fingerprint density at radius 1 is 1.09 bits per heavy atom. The predicted octanol–water partition coefficient (Wildman–Crippen LogP) is 3.74. The van der Waals surface area contributed by atoms with Crippen LogP contribution in [-0.4, -0.2) is 26.7 Å².